The monoisotopic (exact) mass is 368 g/mol. The molecule has 6 aromatic rings. The Hall–Kier alpha value is -3.51. The van der Waals surface area contributed by atoms with Gasteiger partial charge in [0.15, 0.2) is 4.96 Å². The second-order valence-corrected chi connectivity index (χ2v) is 7.27. The van der Waals surface area contributed by atoms with Gasteiger partial charge in [-0.25, -0.2) is 4.98 Å². The van der Waals surface area contributed by atoms with Gasteiger partial charge in [0.25, 0.3) is 5.89 Å². The molecule has 6 rings (SSSR count). The largest absolute Gasteiger partial charge is 0.334 e. The predicted octanol–water partition coefficient (Wildman–Crippen LogP) is 5.42. The lowest BCUT2D eigenvalue weighted by molar-refractivity contribution is 0.432. The molecule has 128 valence electrons. The second kappa shape index (κ2) is 5.49. The van der Waals surface area contributed by atoms with E-state index in [1.807, 2.05) is 42.5 Å². The molecule has 0 radical (unpaired) electrons. The molecule has 0 bridgehead atoms. The van der Waals surface area contributed by atoms with Crippen LogP contribution in [0.15, 0.2) is 77.3 Å². The molecule has 0 amide bonds. The lowest BCUT2D eigenvalue weighted by Crippen LogP contribution is -1.85. The van der Waals surface area contributed by atoms with Crippen molar-refractivity contribution in [3.8, 4) is 22.8 Å². The fourth-order valence-electron chi connectivity index (χ4n) is 3.42. The van der Waals surface area contributed by atoms with E-state index in [2.05, 4.69) is 44.9 Å². The van der Waals surface area contributed by atoms with Crippen LogP contribution in [0.3, 0.4) is 0 Å². The molecule has 0 N–H and O–H groups in total. The van der Waals surface area contributed by atoms with Crippen molar-refractivity contribution in [3.63, 3.8) is 0 Å². The molecule has 3 aromatic heterocycles. The van der Waals surface area contributed by atoms with Crippen LogP contribution in [-0.2, 0) is 0 Å². The maximum absolute atomic E-state index is 5.49. The van der Waals surface area contributed by atoms with Gasteiger partial charge >= 0.3 is 0 Å². The topological polar surface area (TPSA) is 56.2 Å². The minimum Gasteiger partial charge on any atom is -0.334 e. The lowest BCUT2D eigenvalue weighted by atomic mass is 10.1. The third-order valence-electron chi connectivity index (χ3n) is 4.65. The number of fused-ring (bicyclic) bond motifs is 5. The zero-order chi connectivity index (χ0) is 17.8. The maximum Gasteiger partial charge on any atom is 0.258 e. The highest BCUT2D eigenvalue weighted by molar-refractivity contribution is 7.23. The second-order valence-electron chi connectivity index (χ2n) is 6.26. The van der Waals surface area contributed by atoms with Crippen LogP contribution in [0.4, 0.5) is 0 Å². The van der Waals surface area contributed by atoms with E-state index in [1.54, 1.807) is 11.3 Å². The molecular weight excluding hydrogens is 356 g/mol. The lowest BCUT2D eigenvalue weighted by Gasteiger charge is -1.98. The summed E-state index contributed by atoms with van der Waals surface area (Å²) in [6, 6.07) is 24.2. The molecule has 0 aliphatic heterocycles. The number of hydrogen-bond acceptors (Lipinski definition) is 5. The Bertz CT molecular complexity index is 1430. The summed E-state index contributed by atoms with van der Waals surface area (Å²) < 4.78 is 8.90. The predicted molar refractivity (Wildman–Crippen MR) is 107 cm³/mol. The van der Waals surface area contributed by atoms with E-state index in [1.165, 1.54) is 4.70 Å². The van der Waals surface area contributed by atoms with Crippen molar-refractivity contribution in [2.75, 3.05) is 0 Å². The van der Waals surface area contributed by atoms with Crippen molar-refractivity contribution in [1.82, 2.24) is 19.5 Å². The maximum atomic E-state index is 5.49. The van der Waals surface area contributed by atoms with Crippen LogP contribution in [-0.4, -0.2) is 19.5 Å². The Labute approximate surface area is 157 Å². The Morgan fingerprint density at radius 1 is 0.778 bits per heavy atom. The van der Waals surface area contributed by atoms with E-state index in [0.717, 1.165) is 32.6 Å². The molecule has 0 spiro atoms. The Morgan fingerprint density at radius 2 is 1.59 bits per heavy atom. The molecular formula is C21H12N4OS. The van der Waals surface area contributed by atoms with E-state index in [0.29, 0.717) is 11.7 Å². The molecule has 0 aliphatic carbocycles. The molecule has 0 saturated heterocycles. The summed E-state index contributed by atoms with van der Waals surface area (Å²) in [7, 11) is 0. The summed E-state index contributed by atoms with van der Waals surface area (Å²) in [5, 5.41) is 4.20. The van der Waals surface area contributed by atoms with E-state index < -0.39 is 0 Å². The van der Waals surface area contributed by atoms with Crippen molar-refractivity contribution in [1.29, 1.82) is 0 Å². The molecule has 0 saturated carbocycles. The first-order valence-corrected chi connectivity index (χ1v) is 9.38. The van der Waals surface area contributed by atoms with Crippen molar-refractivity contribution in [2.45, 2.75) is 0 Å². The summed E-state index contributed by atoms with van der Waals surface area (Å²) in [6.07, 6.45) is 0. The summed E-state index contributed by atoms with van der Waals surface area (Å²) in [6.45, 7) is 0. The number of aromatic nitrogens is 4. The molecule has 3 heterocycles. The number of benzene rings is 3. The normalized spacial score (nSPS) is 11.7. The van der Waals surface area contributed by atoms with E-state index in [4.69, 9.17) is 9.51 Å². The Morgan fingerprint density at radius 3 is 2.52 bits per heavy atom. The molecule has 3 aromatic carbocycles. The van der Waals surface area contributed by atoms with E-state index in [-0.39, 0.29) is 0 Å². The number of nitrogens with zero attached hydrogens (tertiary/aromatic N) is 4. The van der Waals surface area contributed by atoms with Gasteiger partial charge in [-0.1, -0.05) is 52.9 Å². The van der Waals surface area contributed by atoms with Crippen LogP contribution in [0, 0.1) is 0 Å². The molecule has 0 atom stereocenters. The average Bonchev–Trinajstić information content (AvgIpc) is 3.42. The van der Waals surface area contributed by atoms with Crippen LogP contribution in [0.1, 0.15) is 0 Å². The molecule has 0 aliphatic rings. The third-order valence-corrected chi connectivity index (χ3v) is 5.67. The summed E-state index contributed by atoms with van der Waals surface area (Å²) in [4.78, 5) is 10.4. The fourth-order valence-corrected chi connectivity index (χ4v) is 4.45. The van der Waals surface area contributed by atoms with Gasteiger partial charge in [-0.15, -0.1) is 0 Å². The van der Waals surface area contributed by atoms with Crippen molar-refractivity contribution in [3.05, 3.63) is 72.8 Å². The molecule has 6 heteroatoms. The highest BCUT2D eigenvalue weighted by Gasteiger charge is 2.18. The molecule has 5 nitrogen and oxygen atoms in total. The van der Waals surface area contributed by atoms with E-state index in [9.17, 15) is 0 Å². The molecule has 0 fully saturated rings. The molecule has 0 unspecified atom stereocenters. The zero-order valence-corrected chi connectivity index (χ0v) is 14.9. The minimum atomic E-state index is 0.508. The Kier molecular flexibility index (Phi) is 2.98. The fraction of sp³-hybridized carbons (Fsp3) is 0. The summed E-state index contributed by atoms with van der Waals surface area (Å²) >= 11 is 1.68. The number of para-hydroxylation sites is 2. The standard InChI is InChI=1S/C21H12N4OS/c1-2-7-13(8-3-1)20-23-19(24-26-20)14-9-6-11-16-18(14)22-21-25(16)15-10-4-5-12-17(15)27-21/h1-12H. The van der Waals surface area contributed by atoms with Gasteiger partial charge < -0.3 is 4.52 Å². The summed E-state index contributed by atoms with van der Waals surface area (Å²) in [5.74, 6) is 1.06. The quantitative estimate of drug-likeness (QED) is 0.409. The number of hydrogen-bond donors (Lipinski definition) is 0. The zero-order valence-electron chi connectivity index (χ0n) is 14.0. The van der Waals surface area contributed by atoms with Gasteiger partial charge in [-0.2, -0.15) is 4.98 Å². The van der Waals surface area contributed by atoms with Gasteiger partial charge in [-0.3, -0.25) is 4.40 Å². The van der Waals surface area contributed by atoms with Crippen molar-refractivity contribution < 1.29 is 4.52 Å². The third kappa shape index (κ3) is 2.14. The minimum absolute atomic E-state index is 0.508. The van der Waals surface area contributed by atoms with Crippen LogP contribution in [0.25, 0.3) is 49.1 Å². The van der Waals surface area contributed by atoms with Crippen molar-refractivity contribution in [2.24, 2.45) is 0 Å². The van der Waals surface area contributed by atoms with Crippen LogP contribution < -0.4 is 0 Å². The average molecular weight is 368 g/mol. The van der Waals surface area contributed by atoms with E-state index >= 15 is 0 Å². The van der Waals surface area contributed by atoms with Gasteiger partial charge in [-0.05, 0) is 36.4 Å². The highest BCUT2D eigenvalue weighted by Crippen LogP contribution is 2.34. The Balaban J connectivity index is 1.58. The van der Waals surface area contributed by atoms with Gasteiger partial charge in [0.1, 0.15) is 5.52 Å². The van der Waals surface area contributed by atoms with Gasteiger partial charge in [0, 0.05) is 5.56 Å². The number of rotatable bonds is 2. The first-order chi connectivity index (χ1) is 13.4. The van der Waals surface area contributed by atoms with Crippen LogP contribution in [0.5, 0.6) is 0 Å². The first kappa shape index (κ1) is 14.6. The summed E-state index contributed by atoms with van der Waals surface area (Å²) in [5.41, 5.74) is 4.87. The SMILES string of the molecule is c1ccc(-c2nc(-c3cccc4c3nc3sc5ccccc5n34)no2)cc1. The van der Waals surface area contributed by atoms with Crippen LogP contribution in [0.2, 0.25) is 0 Å². The number of thiazole rings is 1. The van der Waals surface area contributed by atoms with Gasteiger partial charge in [0.2, 0.25) is 5.82 Å². The van der Waals surface area contributed by atoms with Crippen LogP contribution >= 0.6 is 11.3 Å². The first-order valence-electron chi connectivity index (χ1n) is 8.57. The molecule has 27 heavy (non-hydrogen) atoms. The van der Waals surface area contributed by atoms with Gasteiger partial charge in [0.05, 0.1) is 21.3 Å². The number of imidazole rings is 1. The van der Waals surface area contributed by atoms with Crippen molar-refractivity contribution >= 4 is 37.5 Å². The smallest absolute Gasteiger partial charge is 0.258 e. The highest BCUT2D eigenvalue weighted by atomic mass is 32.1.